The van der Waals surface area contributed by atoms with Gasteiger partial charge in [0.25, 0.3) is 5.91 Å². The molecule has 1 saturated heterocycles. The molecular weight excluding hydrogens is 242 g/mol. The van der Waals surface area contributed by atoms with Gasteiger partial charge in [0.1, 0.15) is 0 Å². The highest BCUT2D eigenvalue weighted by atomic mass is 16.5. The lowest BCUT2D eigenvalue weighted by Gasteiger charge is -2.32. The van der Waals surface area contributed by atoms with Crippen molar-refractivity contribution in [1.82, 2.24) is 15.4 Å². The molecule has 1 aliphatic rings. The van der Waals surface area contributed by atoms with Crippen molar-refractivity contribution in [1.29, 1.82) is 0 Å². The number of carbonyl (C=O) groups is 1. The largest absolute Gasteiger partial charge is 0.351 e. The maximum absolute atomic E-state index is 12.5. The molecule has 106 valence electrons. The second-order valence-corrected chi connectivity index (χ2v) is 5.54. The van der Waals surface area contributed by atoms with E-state index in [1.54, 1.807) is 6.20 Å². The van der Waals surface area contributed by atoms with Gasteiger partial charge in [-0.25, -0.2) is 0 Å². The van der Waals surface area contributed by atoms with E-state index in [1.807, 2.05) is 25.7 Å². The van der Waals surface area contributed by atoms with Gasteiger partial charge in [-0.3, -0.25) is 4.79 Å². The molecule has 5 heteroatoms. The lowest BCUT2D eigenvalue weighted by atomic mass is 10.0. The Morgan fingerprint density at radius 2 is 2.37 bits per heavy atom. The van der Waals surface area contributed by atoms with Crippen LogP contribution in [-0.2, 0) is 0 Å². The molecule has 1 fully saturated rings. The van der Waals surface area contributed by atoms with Gasteiger partial charge >= 0.3 is 0 Å². The molecular formula is C14H23N3O2. The van der Waals surface area contributed by atoms with E-state index in [1.165, 1.54) is 12.8 Å². The standard InChI is InChI=1S/C14H23N3O2/c1-10(2)17(9-12-6-4-5-7-15-12)14(18)13-11(3)8-16-19-13/h8,10,12,15H,4-7,9H2,1-3H3. The molecule has 1 N–H and O–H groups in total. The number of hydrogen-bond donors (Lipinski definition) is 1. The Morgan fingerprint density at radius 3 is 2.89 bits per heavy atom. The first-order valence-corrected chi connectivity index (χ1v) is 7.05. The number of aromatic nitrogens is 1. The van der Waals surface area contributed by atoms with E-state index in [0.717, 1.165) is 25.1 Å². The lowest BCUT2D eigenvalue weighted by Crippen LogP contribution is -2.48. The first-order valence-electron chi connectivity index (χ1n) is 7.05. The Hall–Kier alpha value is -1.36. The van der Waals surface area contributed by atoms with Crippen LogP contribution in [0.5, 0.6) is 0 Å². The Bertz CT molecular complexity index is 422. The van der Waals surface area contributed by atoms with E-state index in [2.05, 4.69) is 10.5 Å². The lowest BCUT2D eigenvalue weighted by molar-refractivity contribution is 0.0633. The summed E-state index contributed by atoms with van der Waals surface area (Å²) in [5, 5.41) is 7.17. The van der Waals surface area contributed by atoms with E-state index in [4.69, 9.17) is 4.52 Å². The van der Waals surface area contributed by atoms with E-state index < -0.39 is 0 Å². The number of hydrogen-bond acceptors (Lipinski definition) is 4. The van der Waals surface area contributed by atoms with Crippen molar-refractivity contribution in [3.8, 4) is 0 Å². The second kappa shape index (κ2) is 6.19. The summed E-state index contributed by atoms with van der Waals surface area (Å²) in [4.78, 5) is 14.4. The van der Waals surface area contributed by atoms with Crippen molar-refractivity contribution in [2.75, 3.05) is 13.1 Å². The van der Waals surface area contributed by atoms with Gasteiger partial charge in [0, 0.05) is 24.2 Å². The van der Waals surface area contributed by atoms with E-state index in [-0.39, 0.29) is 11.9 Å². The molecule has 1 aliphatic heterocycles. The van der Waals surface area contributed by atoms with Gasteiger partial charge in [0.2, 0.25) is 5.76 Å². The average molecular weight is 265 g/mol. The summed E-state index contributed by atoms with van der Waals surface area (Å²) in [6.07, 6.45) is 5.18. The summed E-state index contributed by atoms with van der Waals surface area (Å²) in [6.45, 7) is 7.70. The fraction of sp³-hybridized carbons (Fsp3) is 0.714. The summed E-state index contributed by atoms with van der Waals surface area (Å²) in [5.41, 5.74) is 0.798. The predicted octanol–water partition coefficient (Wildman–Crippen LogP) is 1.98. The normalized spacial score (nSPS) is 19.7. The molecule has 1 amide bonds. The molecule has 0 spiro atoms. The highest BCUT2D eigenvalue weighted by Crippen LogP contribution is 2.15. The monoisotopic (exact) mass is 265 g/mol. The molecule has 19 heavy (non-hydrogen) atoms. The van der Waals surface area contributed by atoms with Crippen molar-refractivity contribution in [2.45, 2.75) is 52.1 Å². The Kier molecular flexibility index (Phi) is 4.58. The van der Waals surface area contributed by atoms with Crippen LogP contribution in [0.2, 0.25) is 0 Å². The number of nitrogens with zero attached hydrogens (tertiary/aromatic N) is 2. The fourth-order valence-electron chi connectivity index (χ4n) is 2.47. The molecule has 1 atom stereocenters. The van der Waals surface area contributed by atoms with Crippen LogP contribution >= 0.6 is 0 Å². The molecule has 5 nitrogen and oxygen atoms in total. The van der Waals surface area contributed by atoms with Crippen LogP contribution in [0.3, 0.4) is 0 Å². The van der Waals surface area contributed by atoms with Gasteiger partial charge in [0.15, 0.2) is 0 Å². The van der Waals surface area contributed by atoms with Gasteiger partial charge in [-0.2, -0.15) is 0 Å². The van der Waals surface area contributed by atoms with E-state index >= 15 is 0 Å². The van der Waals surface area contributed by atoms with Crippen LogP contribution in [0.25, 0.3) is 0 Å². The van der Waals surface area contributed by atoms with Crippen LogP contribution in [0.15, 0.2) is 10.7 Å². The molecule has 0 bridgehead atoms. The first kappa shape index (κ1) is 14.1. The molecule has 1 unspecified atom stereocenters. The third-order valence-electron chi connectivity index (χ3n) is 3.66. The summed E-state index contributed by atoms with van der Waals surface area (Å²) < 4.78 is 5.08. The number of aryl methyl sites for hydroxylation is 1. The summed E-state index contributed by atoms with van der Waals surface area (Å²) in [7, 11) is 0. The van der Waals surface area contributed by atoms with Crippen molar-refractivity contribution < 1.29 is 9.32 Å². The SMILES string of the molecule is Cc1cnoc1C(=O)N(CC1CCCCN1)C(C)C. The smallest absolute Gasteiger partial charge is 0.293 e. The first-order chi connectivity index (χ1) is 9.09. The van der Waals surface area contributed by atoms with Gasteiger partial charge in [-0.1, -0.05) is 11.6 Å². The van der Waals surface area contributed by atoms with Crippen molar-refractivity contribution >= 4 is 5.91 Å². The maximum atomic E-state index is 12.5. The number of amides is 1. The minimum atomic E-state index is -0.0580. The fourth-order valence-corrected chi connectivity index (χ4v) is 2.47. The minimum Gasteiger partial charge on any atom is -0.351 e. The van der Waals surface area contributed by atoms with E-state index in [9.17, 15) is 4.79 Å². The summed E-state index contributed by atoms with van der Waals surface area (Å²) >= 11 is 0. The van der Waals surface area contributed by atoms with Crippen LogP contribution in [0.4, 0.5) is 0 Å². The van der Waals surface area contributed by atoms with Gasteiger partial charge < -0.3 is 14.7 Å². The Morgan fingerprint density at radius 1 is 1.58 bits per heavy atom. The molecule has 0 saturated carbocycles. The average Bonchev–Trinajstić information content (AvgIpc) is 2.82. The zero-order chi connectivity index (χ0) is 13.8. The third-order valence-corrected chi connectivity index (χ3v) is 3.66. The van der Waals surface area contributed by atoms with Crippen LogP contribution in [0, 0.1) is 6.92 Å². The van der Waals surface area contributed by atoms with E-state index in [0.29, 0.717) is 11.8 Å². The van der Waals surface area contributed by atoms with Crippen molar-refractivity contribution in [3.63, 3.8) is 0 Å². The molecule has 2 rings (SSSR count). The number of carbonyl (C=O) groups excluding carboxylic acids is 1. The predicted molar refractivity (Wildman–Crippen MR) is 73.1 cm³/mol. The molecule has 0 aromatic carbocycles. The maximum Gasteiger partial charge on any atom is 0.293 e. The second-order valence-electron chi connectivity index (χ2n) is 5.54. The molecule has 1 aromatic heterocycles. The van der Waals surface area contributed by atoms with Gasteiger partial charge in [0.05, 0.1) is 6.20 Å². The summed E-state index contributed by atoms with van der Waals surface area (Å²) in [5.74, 6) is 0.307. The van der Waals surface area contributed by atoms with Crippen molar-refractivity contribution in [2.24, 2.45) is 0 Å². The quantitative estimate of drug-likeness (QED) is 0.904. The number of nitrogens with one attached hydrogen (secondary N) is 1. The third kappa shape index (κ3) is 3.35. The zero-order valence-electron chi connectivity index (χ0n) is 12.0. The minimum absolute atomic E-state index is 0.0580. The topological polar surface area (TPSA) is 58.4 Å². The molecule has 0 aliphatic carbocycles. The van der Waals surface area contributed by atoms with Crippen molar-refractivity contribution in [3.05, 3.63) is 17.5 Å². The van der Waals surface area contributed by atoms with Crippen LogP contribution in [-0.4, -0.2) is 41.1 Å². The highest BCUT2D eigenvalue weighted by molar-refractivity contribution is 5.92. The molecule has 0 radical (unpaired) electrons. The van der Waals surface area contributed by atoms with Gasteiger partial charge in [-0.15, -0.1) is 0 Å². The zero-order valence-corrected chi connectivity index (χ0v) is 12.0. The summed E-state index contributed by atoms with van der Waals surface area (Å²) in [6, 6.07) is 0.545. The Labute approximate surface area is 114 Å². The van der Waals surface area contributed by atoms with Gasteiger partial charge in [-0.05, 0) is 40.2 Å². The number of piperidine rings is 1. The molecule has 2 heterocycles. The molecule has 1 aromatic rings. The highest BCUT2D eigenvalue weighted by Gasteiger charge is 2.26. The van der Waals surface area contributed by atoms with Crippen LogP contribution in [0.1, 0.15) is 49.2 Å². The Balaban J connectivity index is 2.07. The van der Waals surface area contributed by atoms with Crippen LogP contribution < -0.4 is 5.32 Å². The number of rotatable bonds is 4.